The molecule has 1 heteroatoms. The predicted molar refractivity (Wildman–Crippen MR) is 103 cm³/mol. The molecule has 0 radical (unpaired) electrons. The van der Waals surface area contributed by atoms with Crippen LogP contribution < -0.4 is 0 Å². The number of hydrogen-bond acceptors (Lipinski definition) is 1. The van der Waals surface area contributed by atoms with Crippen molar-refractivity contribution in [3.8, 4) is 0 Å². The molecule has 0 aromatic heterocycles. The quantitative estimate of drug-likeness (QED) is 0.638. The lowest BCUT2D eigenvalue weighted by atomic mass is 9.88. The molecule has 1 nitrogen and oxygen atoms in total. The van der Waals surface area contributed by atoms with Gasteiger partial charge >= 0.3 is 0 Å². The Labute approximate surface area is 147 Å². The number of rotatable bonds is 4. The van der Waals surface area contributed by atoms with Crippen LogP contribution in [0.2, 0.25) is 0 Å². The summed E-state index contributed by atoms with van der Waals surface area (Å²) in [7, 11) is 0. The van der Waals surface area contributed by atoms with Gasteiger partial charge in [0.1, 0.15) is 0 Å². The van der Waals surface area contributed by atoms with Crippen LogP contribution in [0.1, 0.15) is 69.8 Å². The van der Waals surface area contributed by atoms with E-state index in [1.54, 1.807) is 0 Å². The van der Waals surface area contributed by atoms with Crippen molar-refractivity contribution in [2.75, 3.05) is 0 Å². The summed E-state index contributed by atoms with van der Waals surface area (Å²) in [6, 6.07) is 17.4. The molecule has 128 valence electrons. The van der Waals surface area contributed by atoms with Crippen molar-refractivity contribution in [3.05, 3.63) is 48.0 Å². The Morgan fingerprint density at radius 3 is 1.92 bits per heavy atom. The van der Waals surface area contributed by atoms with Crippen molar-refractivity contribution in [1.82, 2.24) is 4.90 Å². The van der Waals surface area contributed by atoms with Gasteiger partial charge in [0.2, 0.25) is 0 Å². The maximum absolute atomic E-state index is 2.92. The van der Waals surface area contributed by atoms with Gasteiger partial charge in [-0.05, 0) is 42.0 Å². The summed E-state index contributed by atoms with van der Waals surface area (Å²) in [4.78, 5) is 2.92. The minimum atomic E-state index is 0.820. The molecular formula is C23H31N. The van der Waals surface area contributed by atoms with Gasteiger partial charge in [-0.3, -0.25) is 4.90 Å². The Kier molecular flexibility index (Phi) is 5.18. The molecule has 2 aliphatic carbocycles. The zero-order valence-electron chi connectivity index (χ0n) is 14.9. The van der Waals surface area contributed by atoms with Crippen LogP contribution in [0.4, 0.5) is 0 Å². The van der Waals surface area contributed by atoms with Crippen LogP contribution in [0, 0.1) is 0 Å². The number of fused-ring (bicyclic) bond motifs is 1. The fourth-order valence-corrected chi connectivity index (χ4v) is 5.01. The zero-order valence-corrected chi connectivity index (χ0v) is 14.9. The predicted octanol–water partition coefficient (Wildman–Crippen LogP) is 6.31. The lowest BCUT2D eigenvalue weighted by molar-refractivity contribution is 0.0735. The third-order valence-corrected chi connectivity index (χ3v) is 6.32. The highest BCUT2D eigenvalue weighted by atomic mass is 15.2. The van der Waals surface area contributed by atoms with Gasteiger partial charge in [0.15, 0.2) is 0 Å². The van der Waals surface area contributed by atoms with Gasteiger partial charge in [-0.2, -0.15) is 0 Å². The number of benzene rings is 2. The highest BCUT2D eigenvalue weighted by Gasteiger charge is 2.29. The molecule has 0 heterocycles. The second-order valence-electron chi connectivity index (χ2n) is 7.89. The van der Waals surface area contributed by atoms with E-state index < -0.39 is 0 Å². The van der Waals surface area contributed by atoms with Crippen LogP contribution in [0.5, 0.6) is 0 Å². The lowest BCUT2D eigenvalue weighted by Crippen LogP contribution is -2.44. The molecule has 24 heavy (non-hydrogen) atoms. The van der Waals surface area contributed by atoms with Gasteiger partial charge in [-0.15, -0.1) is 0 Å². The SMILES string of the molecule is c1ccc2c(CN(C3CCCCC3)C3CCCCC3)cccc2c1. The smallest absolute Gasteiger partial charge is 0.0245 e. The van der Waals surface area contributed by atoms with Crippen molar-refractivity contribution >= 4 is 10.8 Å². The zero-order chi connectivity index (χ0) is 16.2. The van der Waals surface area contributed by atoms with E-state index in [-0.39, 0.29) is 0 Å². The van der Waals surface area contributed by atoms with Crippen LogP contribution in [-0.4, -0.2) is 17.0 Å². The average molecular weight is 322 g/mol. The van der Waals surface area contributed by atoms with Crippen molar-refractivity contribution in [2.45, 2.75) is 82.8 Å². The van der Waals surface area contributed by atoms with Crippen LogP contribution in [0.3, 0.4) is 0 Å². The normalized spacial score (nSPS) is 20.7. The van der Waals surface area contributed by atoms with Gasteiger partial charge in [0.05, 0.1) is 0 Å². The lowest BCUT2D eigenvalue weighted by Gasteiger charge is -2.42. The van der Waals surface area contributed by atoms with E-state index in [9.17, 15) is 0 Å². The maximum atomic E-state index is 2.92. The van der Waals surface area contributed by atoms with Crippen LogP contribution in [0.15, 0.2) is 42.5 Å². The van der Waals surface area contributed by atoms with E-state index in [0.717, 1.165) is 18.6 Å². The van der Waals surface area contributed by atoms with Gasteiger partial charge in [-0.1, -0.05) is 81.0 Å². The summed E-state index contributed by atoms with van der Waals surface area (Å²) in [5.74, 6) is 0. The van der Waals surface area contributed by atoms with Crippen molar-refractivity contribution in [2.24, 2.45) is 0 Å². The first-order chi connectivity index (χ1) is 11.9. The molecule has 0 aliphatic heterocycles. The van der Waals surface area contributed by atoms with Crippen molar-refractivity contribution < 1.29 is 0 Å². The topological polar surface area (TPSA) is 3.24 Å². The first kappa shape index (κ1) is 16.1. The molecule has 0 amide bonds. The molecule has 0 spiro atoms. The van der Waals surface area contributed by atoms with Crippen molar-refractivity contribution in [3.63, 3.8) is 0 Å². The Morgan fingerprint density at radius 2 is 1.25 bits per heavy atom. The third kappa shape index (κ3) is 3.52. The Hall–Kier alpha value is -1.34. The molecule has 0 N–H and O–H groups in total. The maximum Gasteiger partial charge on any atom is 0.0245 e. The van der Waals surface area contributed by atoms with E-state index in [0.29, 0.717) is 0 Å². The molecule has 2 fully saturated rings. The third-order valence-electron chi connectivity index (χ3n) is 6.32. The summed E-state index contributed by atoms with van der Waals surface area (Å²) in [5, 5.41) is 2.85. The number of nitrogens with zero attached hydrogens (tertiary/aromatic N) is 1. The molecule has 2 aliphatic rings. The van der Waals surface area contributed by atoms with E-state index >= 15 is 0 Å². The van der Waals surface area contributed by atoms with Gasteiger partial charge in [-0.25, -0.2) is 0 Å². The highest BCUT2D eigenvalue weighted by Crippen LogP contribution is 2.32. The molecule has 4 rings (SSSR count). The summed E-state index contributed by atoms with van der Waals surface area (Å²) >= 11 is 0. The largest absolute Gasteiger partial charge is 0.293 e. The first-order valence-electron chi connectivity index (χ1n) is 10.1. The van der Waals surface area contributed by atoms with Gasteiger partial charge in [0, 0.05) is 18.6 Å². The van der Waals surface area contributed by atoms with Crippen LogP contribution in [-0.2, 0) is 6.54 Å². The van der Waals surface area contributed by atoms with E-state index in [2.05, 4.69) is 47.4 Å². The standard InChI is InChI=1S/C23H31N/c1-3-13-21(14-4-1)24(22-15-5-2-6-16-22)18-20-12-9-11-19-10-7-8-17-23(19)20/h7-12,17,21-22H,1-6,13-16,18H2. The van der Waals surface area contributed by atoms with Crippen molar-refractivity contribution in [1.29, 1.82) is 0 Å². The highest BCUT2D eigenvalue weighted by molar-refractivity contribution is 5.85. The molecular weight excluding hydrogens is 290 g/mol. The van der Waals surface area contributed by atoms with Gasteiger partial charge in [0.25, 0.3) is 0 Å². The number of hydrogen-bond donors (Lipinski definition) is 0. The average Bonchev–Trinajstić information content (AvgIpc) is 2.67. The molecule has 2 saturated carbocycles. The summed E-state index contributed by atoms with van der Waals surface area (Å²) in [5.41, 5.74) is 1.53. The Bertz CT molecular complexity index is 627. The van der Waals surface area contributed by atoms with Crippen LogP contribution >= 0.6 is 0 Å². The monoisotopic (exact) mass is 321 g/mol. The van der Waals surface area contributed by atoms with Gasteiger partial charge < -0.3 is 0 Å². The van der Waals surface area contributed by atoms with E-state index in [1.165, 1.54) is 80.5 Å². The summed E-state index contributed by atoms with van der Waals surface area (Å²) in [6.45, 7) is 1.15. The van der Waals surface area contributed by atoms with E-state index in [1.807, 2.05) is 0 Å². The molecule has 0 saturated heterocycles. The second-order valence-corrected chi connectivity index (χ2v) is 7.89. The molecule has 2 aromatic carbocycles. The fraction of sp³-hybridized carbons (Fsp3) is 0.565. The molecule has 0 bridgehead atoms. The second kappa shape index (κ2) is 7.70. The molecule has 2 aromatic rings. The Balaban J connectivity index is 1.62. The minimum Gasteiger partial charge on any atom is -0.293 e. The van der Waals surface area contributed by atoms with Crippen LogP contribution in [0.25, 0.3) is 10.8 Å². The fourth-order valence-electron chi connectivity index (χ4n) is 5.01. The molecule has 0 atom stereocenters. The van der Waals surface area contributed by atoms with E-state index in [4.69, 9.17) is 0 Å². The summed E-state index contributed by atoms with van der Waals surface area (Å²) < 4.78 is 0. The summed E-state index contributed by atoms with van der Waals surface area (Å²) in [6.07, 6.45) is 14.3. The Morgan fingerprint density at radius 1 is 0.667 bits per heavy atom. The first-order valence-corrected chi connectivity index (χ1v) is 10.1. The minimum absolute atomic E-state index is 0.820. The molecule has 0 unspecified atom stereocenters.